The van der Waals surface area contributed by atoms with Crippen LogP contribution in [0.4, 0.5) is 4.39 Å². The lowest BCUT2D eigenvalue weighted by Crippen LogP contribution is -2.48. The molecule has 1 amide bonds. The Morgan fingerprint density at radius 2 is 1.54 bits per heavy atom. The number of benzene rings is 3. The van der Waals surface area contributed by atoms with Crippen molar-refractivity contribution in [3.05, 3.63) is 108 Å². The summed E-state index contributed by atoms with van der Waals surface area (Å²) in [5.74, 6) is -0.523. The fourth-order valence-electron chi connectivity index (χ4n) is 5.23. The van der Waals surface area contributed by atoms with Crippen LogP contribution >= 0.6 is 0 Å². The van der Waals surface area contributed by atoms with Gasteiger partial charge in [0.2, 0.25) is 5.91 Å². The lowest BCUT2D eigenvalue weighted by molar-refractivity contribution is -0.133. The molecule has 1 aliphatic rings. The molecule has 1 aliphatic heterocycles. The maximum Gasteiger partial charge on any atom is 0.223 e. The van der Waals surface area contributed by atoms with Crippen molar-refractivity contribution in [1.82, 2.24) is 14.4 Å². The van der Waals surface area contributed by atoms with Gasteiger partial charge in [0.05, 0.1) is 0 Å². The molecule has 0 saturated carbocycles. The summed E-state index contributed by atoms with van der Waals surface area (Å²) in [7, 11) is 0. The third kappa shape index (κ3) is 5.01. The lowest BCUT2D eigenvalue weighted by atomic mass is 9.87. The summed E-state index contributed by atoms with van der Waals surface area (Å²) in [6.45, 7) is 7.11. The van der Waals surface area contributed by atoms with Gasteiger partial charge in [-0.1, -0.05) is 73.7 Å². The van der Waals surface area contributed by atoms with Crippen LogP contribution in [0.3, 0.4) is 0 Å². The van der Waals surface area contributed by atoms with E-state index in [0.29, 0.717) is 5.56 Å². The van der Waals surface area contributed by atoms with Crippen LogP contribution in [0.5, 0.6) is 0 Å². The van der Waals surface area contributed by atoms with Crippen LogP contribution in [0, 0.1) is 5.82 Å². The van der Waals surface area contributed by atoms with Crippen molar-refractivity contribution in [2.75, 3.05) is 32.7 Å². The minimum absolute atomic E-state index is 0.0916. The number of halogens is 1. The second-order valence-corrected chi connectivity index (χ2v) is 9.31. The number of hydrogen-bond donors (Lipinski definition) is 0. The summed E-state index contributed by atoms with van der Waals surface area (Å²) in [5, 5.41) is 1.07. The molecule has 2 heterocycles. The van der Waals surface area contributed by atoms with Crippen LogP contribution < -0.4 is 0 Å². The Kier molecular flexibility index (Phi) is 6.96. The lowest BCUT2D eigenvalue weighted by Gasteiger charge is -2.35. The van der Waals surface area contributed by atoms with Gasteiger partial charge < -0.3 is 14.4 Å². The summed E-state index contributed by atoms with van der Waals surface area (Å²) in [5.41, 5.74) is 3.88. The highest BCUT2D eigenvalue weighted by Crippen LogP contribution is 2.36. The van der Waals surface area contributed by atoms with Crippen molar-refractivity contribution in [3.63, 3.8) is 0 Å². The van der Waals surface area contributed by atoms with E-state index in [-0.39, 0.29) is 24.1 Å². The van der Waals surface area contributed by atoms with Gasteiger partial charge in [-0.25, -0.2) is 4.39 Å². The number of aromatic nitrogens is 1. The molecule has 0 bridgehead atoms. The molecule has 5 rings (SSSR count). The second kappa shape index (κ2) is 10.4. The van der Waals surface area contributed by atoms with E-state index in [2.05, 4.69) is 46.9 Å². The molecule has 1 aromatic heterocycles. The van der Waals surface area contributed by atoms with Crippen molar-refractivity contribution in [2.45, 2.75) is 25.8 Å². The number of piperazine rings is 1. The fraction of sp³-hybridized carbons (Fsp3) is 0.300. The number of likely N-dealkylation sites (N-methyl/N-ethyl adjacent to an activating group) is 1. The number of fused-ring (bicyclic) bond motifs is 1. The zero-order chi connectivity index (χ0) is 24.2. The van der Waals surface area contributed by atoms with Crippen LogP contribution in [0.25, 0.3) is 10.9 Å². The minimum Gasteiger partial charge on any atom is -0.343 e. The molecule has 0 unspecified atom stereocenters. The number of hydrogen-bond acceptors (Lipinski definition) is 2. The summed E-state index contributed by atoms with van der Waals surface area (Å²) in [6.07, 6.45) is 2.38. The Hall–Kier alpha value is -3.44. The summed E-state index contributed by atoms with van der Waals surface area (Å²) in [4.78, 5) is 17.8. The van der Waals surface area contributed by atoms with Crippen molar-refractivity contribution < 1.29 is 9.18 Å². The number of carbonyl (C=O) groups excluding carboxylic acids is 1. The third-order valence-corrected chi connectivity index (χ3v) is 7.22. The average molecular weight is 470 g/mol. The number of amides is 1. The predicted octanol–water partition coefficient (Wildman–Crippen LogP) is 5.51. The van der Waals surface area contributed by atoms with Gasteiger partial charge in [-0.05, 0) is 35.4 Å². The highest BCUT2D eigenvalue weighted by atomic mass is 19.1. The molecule has 1 saturated heterocycles. The fourth-order valence-corrected chi connectivity index (χ4v) is 5.23. The smallest absolute Gasteiger partial charge is 0.223 e. The van der Waals surface area contributed by atoms with Gasteiger partial charge in [0.15, 0.2) is 0 Å². The van der Waals surface area contributed by atoms with E-state index in [1.807, 2.05) is 47.4 Å². The van der Waals surface area contributed by atoms with Crippen LogP contribution in [0.2, 0.25) is 0 Å². The Morgan fingerprint density at radius 3 is 2.29 bits per heavy atom. The zero-order valence-electron chi connectivity index (χ0n) is 20.2. The maximum atomic E-state index is 15.1. The van der Waals surface area contributed by atoms with Gasteiger partial charge >= 0.3 is 0 Å². The average Bonchev–Trinajstić information content (AvgIpc) is 3.26. The Morgan fingerprint density at radius 1 is 0.857 bits per heavy atom. The minimum atomic E-state index is -0.352. The van der Waals surface area contributed by atoms with Crippen molar-refractivity contribution in [2.24, 2.45) is 0 Å². The highest BCUT2D eigenvalue weighted by Gasteiger charge is 2.28. The molecule has 4 aromatic rings. The quantitative estimate of drug-likeness (QED) is 0.357. The molecule has 0 spiro atoms. The van der Waals surface area contributed by atoms with Crippen molar-refractivity contribution >= 4 is 16.8 Å². The number of nitrogens with zero attached hydrogens (tertiary/aromatic N) is 3. The van der Waals surface area contributed by atoms with E-state index in [1.54, 1.807) is 6.07 Å². The van der Waals surface area contributed by atoms with Crippen LogP contribution in [-0.4, -0.2) is 53.0 Å². The van der Waals surface area contributed by atoms with E-state index in [0.717, 1.165) is 55.7 Å². The second-order valence-electron chi connectivity index (χ2n) is 9.31. The number of para-hydroxylation sites is 1. The Balaban J connectivity index is 1.52. The van der Waals surface area contributed by atoms with E-state index in [9.17, 15) is 4.79 Å². The summed E-state index contributed by atoms with van der Waals surface area (Å²) >= 11 is 0. The van der Waals surface area contributed by atoms with Gasteiger partial charge in [-0.15, -0.1) is 0 Å². The Labute approximate surface area is 206 Å². The van der Waals surface area contributed by atoms with Gasteiger partial charge in [0, 0.05) is 62.2 Å². The molecule has 35 heavy (non-hydrogen) atoms. The molecule has 3 aromatic carbocycles. The first kappa shape index (κ1) is 23.3. The first-order valence-corrected chi connectivity index (χ1v) is 12.5. The molecule has 5 heteroatoms. The molecular formula is C30H32FN3O. The Bertz CT molecular complexity index is 1290. The molecule has 1 atom stereocenters. The molecule has 0 N–H and O–H groups in total. The van der Waals surface area contributed by atoms with E-state index < -0.39 is 0 Å². The van der Waals surface area contributed by atoms with Crippen molar-refractivity contribution in [1.29, 1.82) is 0 Å². The van der Waals surface area contributed by atoms with E-state index in [4.69, 9.17) is 0 Å². The normalized spacial score (nSPS) is 15.4. The van der Waals surface area contributed by atoms with Gasteiger partial charge in [0.1, 0.15) is 5.82 Å². The molecular weight excluding hydrogens is 437 g/mol. The SMILES string of the molecule is CCN1CCN(C(=O)C[C@H](c2ccccc2F)c2cn(Cc3ccccc3)c3ccccc23)CC1. The third-order valence-electron chi connectivity index (χ3n) is 7.22. The number of carbonyl (C=O) groups is 1. The van der Waals surface area contributed by atoms with Crippen LogP contribution in [-0.2, 0) is 11.3 Å². The van der Waals surface area contributed by atoms with Crippen molar-refractivity contribution in [3.8, 4) is 0 Å². The largest absolute Gasteiger partial charge is 0.343 e. The molecule has 180 valence electrons. The maximum absolute atomic E-state index is 15.1. The summed E-state index contributed by atoms with van der Waals surface area (Å²) < 4.78 is 17.4. The van der Waals surface area contributed by atoms with Crippen LogP contribution in [0.1, 0.15) is 36.0 Å². The molecule has 1 fully saturated rings. The monoisotopic (exact) mass is 469 g/mol. The zero-order valence-corrected chi connectivity index (χ0v) is 20.2. The van der Waals surface area contributed by atoms with Crippen LogP contribution in [0.15, 0.2) is 85.1 Å². The topological polar surface area (TPSA) is 28.5 Å². The van der Waals surface area contributed by atoms with Gasteiger partial charge in [-0.2, -0.15) is 0 Å². The standard InChI is InChI=1S/C30H32FN3O/c1-2-32-16-18-33(19-17-32)30(35)20-26(24-12-6-8-14-28(24)31)27-22-34(21-23-10-4-3-5-11-23)29-15-9-7-13-25(27)29/h3-15,22,26H,2,16-21H2,1H3/t26-/m1/s1. The first-order valence-electron chi connectivity index (χ1n) is 12.5. The summed E-state index contributed by atoms with van der Waals surface area (Å²) in [6, 6.07) is 25.5. The highest BCUT2D eigenvalue weighted by molar-refractivity contribution is 5.87. The van der Waals surface area contributed by atoms with E-state index in [1.165, 1.54) is 11.6 Å². The predicted molar refractivity (Wildman–Crippen MR) is 139 cm³/mol. The first-order chi connectivity index (χ1) is 17.1. The van der Waals surface area contributed by atoms with E-state index >= 15 is 4.39 Å². The molecule has 0 aliphatic carbocycles. The molecule has 4 nitrogen and oxygen atoms in total. The van der Waals surface area contributed by atoms with Gasteiger partial charge in [-0.3, -0.25) is 4.79 Å². The molecule has 0 radical (unpaired) electrons. The number of rotatable bonds is 7. The van der Waals surface area contributed by atoms with Gasteiger partial charge in [0.25, 0.3) is 0 Å².